The van der Waals surface area contributed by atoms with Crippen molar-refractivity contribution >= 4 is 10.9 Å². The molecule has 0 spiro atoms. The summed E-state index contributed by atoms with van der Waals surface area (Å²) in [5, 5.41) is 1.15. The first-order valence-corrected chi connectivity index (χ1v) is 6.83. The van der Waals surface area contributed by atoms with Gasteiger partial charge in [-0.1, -0.05) is 31.5 Å². The molecule has 1 aliphatic carbocycles. The first kappa shape index (κ1) is 11.5. The van der Waals surface area contributed by atoms with Gasteiger partial charge in [0.15, 0.2) is 0 Å². The Morgan fingerprint density at radius 1 is 1.22 bits per heavy atom. The Hall–Kier alpha value is -1.57. The summed E-state index contributed by atoms with van der Waals surface area (Å²) in [4.78, 5) is 4.44. The van der Waals surface area contributed by atoms with Crippen LogP contribution in [0, 0.1) is 5.92 Å². The average molecular weight is 241 g/mol. The van der Waals surface area contributed by atoms with E-state index in [4.69, 9.17) is 4.74 Å². The SMILES string of the molecule is CC1CCCC(Oc2cnc3ccccc3c2)C1. The second-order valence-electron chi connectivity index (χ2n) is 5.38. The Labute approximate surface area is 108 Å². The van der Waals surface area contributed by atoms with E-state index < -0.39 is 0 Å². The Kier molecular flexibility index (Phi) is 3.18. The van der Waals surface area contributed by atoms with Crippen LogP contribution in [0.3, 0.4) is 0 Å². The summed E-state index contributed by atoms with van der Waals surface area (Å²) in [5.41, 5.74) is 1.03. The minimum atomic E-state index is 0.372. The van der Waals surface area contributed by atoms with Crippen molar-refractivity contribution in [1.29, 1.82) is 0 Å². The normalized spacial score (nSPS) is 24.1. The van der Waals surface area contributed by atoms with E-state index in [0.29, 0.717) is 6.10 Å². The van der Waals surface area contributed by atoms with Crippen molar-refractivity contribution in [2.24, 2.45) is 5.92 Å². The van der Waals surface area contributed by atoms with Gasteiger partial charge in [-0.15, -0.1) is 0 Å². The monoisotopic (exact) mass is 241 g/mol. The van der Waals surface area contributed by atoms with Gasteiger partial charge in [0.25, 0.3) is 0 Å². The molecule has 0 radical (unpaired) electrons. The highest BCUT2D eigenvalue weighted by atomic mass is 16.5. The van der Waals surface area contributed by atoms with E-state index >= 15 is 0 Å². The summed E-state index contributed by atoms with van der Waals surface area (Å²) < 4.78 is 6.07. The van der Waals surface area contributed by atoms with E-state index in [1.165, 1.54) is 25.7 Å². The van der Waals surface area contributed by atoms with E-state index in [1.807, 2.05) is 24.4 Å². The highest BCUT2D eigenvalue weighted by Crippen LogP contribution is 2.28. The topological polar surface area (TPSA) is 22.1 Å². The largest absolute Gasteiger partial charge is 0.489 e. The molecule has 0 N–H and O–H groups in total. The molecule has 1 aromatic carbocycles. The zero-order valence-corrected chi connectivity index (χ0v) is 10.8. The van der Waals surface area contributed by atoms with E-state index in [9.17, 15) is 0 Å². The van der Waals surface area contributed by atoms with Crippen molar-refractivity contribution in [1.82, 2.24) is 4.98 Å². The van der Waals surface area contributed by atoms with Gasteiger partial charge in [-0.05, 0) is 37.3 Å². The molecular formula is C16H19NO. The quantitative estimate of drug-likeness (QED) is 0.786. The van der Waals surface area contributed by atoms with E-state index in [2.05, 4.69) is 24.0 Å². The van der Waals surface area contributed by atoms with Crippen LogP contribution in [0.2, 0.25) is 0 Å². The number of nitrogens with zero attached hydrogens (tertiary/aromatic N) is 1. The van der Waals surface area contributed by atoms with Crippen molar-refractivity contribution in [3.8, 4) is 5.75 Å². The maximum absolute atomic E-state index is 6.07. The van der Waals surface area contributed by atoms with Crippen molar-refractivity contribution < 1.29 is 4.74 Å². The fourth-order valence-electron chi connectivity index (χ4n) is 2.79. The first-order valence-electron chi connectivity index (χ1n) is 6.83. The molecule has 0 saturated heterocycles. The average Bonchev–Trinajstić information content (AvgIpc) is 2.39. The summed E-state index contributed by atoms with van der Waals surface area (Å²) in [5.74, 6) is 1.70. The van der Waals surface area contributed by atoms with Crippen LogP contribution in [0.4, 0.5) is 0 Å². The molecule has 2 unspecified atom stereocenters. The Balaban J connectivity index is 1.78. The lowest BCUT2D eigenvalue weighted by Crippen LogP contribution is -2.24. The maximum Gasteiger partial charge on any atom is 0.138 e. The molecule has 1 heterocycles. The molecule has 2 nitrogen and oxygen atoms in total. The minimum Gasteiger partial charge on any atom is -0.489 e. The Morgan fingerprint density at radius 3 is 3.00 bits per heavy atom. The number of fused-ring (bicyclic) bond motifs is 1. The third-order valence-electron chi connectivity index (χ3n) is 3.76. The van der Waals surface area contributed by atoms with Gasteiger partial charge in [-0.3, -0.25) is 4.98 Å². The molecular weight excluding hydrogens is 222 g/mol. The van der Waals surface area contributed by atoms with Crippen LogP contribution >= 0.6 is 0 Å². The van der Waals surface area contributed by atoms with Crippen LogP contribution in [0.15, 0.2) is 36.5 Å². The lowest BCUT2D eigenvalue weighted by Gasteiger charge is -2.27. The predicted octanol–water partition coefficient (Wildman–Crippen LogP) is 4.19. The fraction of sp³-hybridized carbons (Fsp3) is 0.438. The smallest absolute Gasteiger partial charge is 0.138 e. The molecule has 94 valence electrons. The molecule has 1 fully saturated rings. The zero-order chi connectivity index (χ0) is 12.4. The maximum atomic E-state index is 6.07. The van der Waals surface area contributed by atoms with Crippen molar-refractivity contribution in [2.75, 3.05) is 0 Å². The van der Waals surface area contributed by atoms with Crippen LogP contribution in [0.25, 0.3) is 10.9 Å². The molecule has 1 aromatic heterocycles. The van der Waals surface area contributed by atoms with Crippen molar-refractivity contribution in [2.45, 2.75) is 38.7 Å². The second kappa shape index (κ2) is 4.97. The standard InChI is InChI=1S/C16H19NO/c1-12-5-4-7-14(9-12)18-15-10-13-6-2-3-8-16(13)17-11-15/h2-3,6,8,10-12,14H,4-5,7,9H2,1H3. The van der Waals surface area contributed by atoms with Gasteiger partial charge in [0.1, 0.15) is 5.75 Å². The summed E-state index contributed by atoms with van der Waals surface area (Å²) >= 11 is 0. The van der Waals surface area contributed by atoms with Gasteiger partial charge in [0, 0.05) is 5.39 Å². The Bertz CT molecular complexity index is 537. The van der Waals surface area contributed by atoms with E-state index in [1.54, 1.807) is 0 Å². The zero-order valence-electron chi connectivity index (χ0n) is 10.8. The van der Waals surface area contributed by atoms with Gasteiger partial charge in [0.05, 0.1) is 17.8 Å². The molecule has 3 rings (SSSR count). The molecule has 18 heavy (non-hydrogen) atoms. The molecule has 2 aromatic rings. The second-order valence-corrected chi connectivity index (χ2v) is 5.38. The van der Waals surface area contributed by atoms with E-state index in [0.717, 1.165) is 22.6 Å². The molecule has 2 atom stereocenters. The first-order chi connectivity index (χ1) is 8.81. The number of pyridine rings is 1. The van der Waals surface area contributed by atoms with Crippen LogP contribution in [0.1, 0.15) is 32.6 Å². The third-order valence-corrected chi connectivity index (χ3v) is 3.76. The molecule has 1 saturated carbocycles. The molecule has 0 aliphatic heterocycles. The third kappa shape index (κ3) is 2.47. The number of hydrogen-bond donors (Lipinski definition) is 0. The summed E-state index contributed by atoms with van der Waals surface area (Å²) in [6.45, 7) is 2.31. The Morgan fingerprint density at radius 2 is 2.11 bits per heavy atom. The fourth-order valence-corrected chi connectivity index (χ4v) is 2.79. The molecule has 2 heteroatoms. The number of rotatable bonds is 2. The lowest BCUT2D eigenvalue weighted by atomic mass is 9.89. The van der Waals surface area contributed by atoms with Crippen LogP contribution in [-0.2, 0) is 0 Å². The lowest BCUT2D eigenvalue weighted by molar-refractivity contribution is 0.129. The minimum absolute atomic E-state index is 0.372. The van der Waals surface area contributed by atoms with Gasteiger partial charge < -0.3 is 4.74 Å². The molecule has 0 amide bonds. The number of benzene rings is 1. The molecule has 0 bridgehead atoms. The van der Waals surface area contributed by atoms with Gasteiger partial charge in [0.2, 0.25) is 0 Å². The highest BCUT2D eigenvalue weighted by molar-refractivity contribution is 5.79. The van der Waals surface area contributed by atoms with Crippen molar-refractivity contribution in [3.63, 3.8) is 0 Å². The predicted molar refractivity (Wildman–Crippen MR) is 73.8 cm³/mol. The number of ether oxygens (including phenoxy) is 1. The van der Waals surface area contributed by atoms with Gasteiger partial charge in [-0.25, -0.2) is 0 Å². The van der Waals surface area contributed by atoms with Crippen LogP contribution < -0.4 is 4.74 Å². The van der Waals surface area contributed by atoms with Gasteiger partial charge in [-0.2, -0.15) is 0 Å². The summed E-state index contributed by atoms with van der Waals surface area (Å²) in [6.07, 6.45) is 7.20. The van der Waals surface area contributed by atoms with Crippen LogP contribution in [-0.4, -0.2) is 11.1 Å². The molecule has 1 aliphatic rings. The number of hydrogen-bond acceptors (Lipinski definition) is 2. The van der Waals surface area contributed by atoms with Crippen molar-refractivity contribution in [3.05, 3.63) is 36.5 Å². The van der Waals surface area contributed by atoms with Crippen LogP contribution in [0.5, 0.6) is 5.75 Å². The van der Waals surface area contributed by atoms with Gasteiger partial charge >= 0.3 is 0 Å². The number of aromatic nitrogens is 1. The van der Waals surface area contributed by atoms with E-state index in [-0.39, 0.29) is 0 Å². The summed E-state index contributed by atoms with van der Waals surface area (Å²) in [6, 6.07) is 10.3. The highest BCUT2D eigenvalue weighted by Gasteiger charge is 2.20. The number of para-hydroxylation sites is 1. The summed E-state index contributed by atoms with van der Waals surface area (Å²) in [7, 11) is 0.